The lowest BCUT2D eigenvalue weighted by molar-refractivity contribution is -0.0705. The van der Waals surface area contributed by atoms with E-state index in [-0.39, 0.29) is 6.04 Å². The van der Waals surface area contributed by atoms with Crippen molar-refractivity contribution in [3.8, 4) is 17.0 Å². The van der Waals surface area contributed by atoms with Crippen LogP contribution in [0.1, 0.15) is 12.8 Å². The second-order valence-corrected chi connectivity index (χ2v) is 8.98. The van der Waals surface area contributed by atoms with Gasteiger partial charge in [-0.2, -0.15) is 4.98 Å². The predicted octanol–water partition coefficient (Wildman–Crippen LogP) is 2.69. The van der Waals surface area contributed by atoms with Crippen molar-refractivity contribution in [2.75, 3.05) is 38.7 Å². The first-order valence-corrected chi connectivity index (χ1v) is 11.7. The van der Waals surface area contributed by atoms with Gasteiger partial charge in [-0.3, -0.25) is 4.90 Å². The Morgan fingerprint density at radius 1 is 1.20 bits per heavy atom. The number of alkyl halides is 2. The van der Waals surface area contributed by atoms with Gasteiger partial charge in [0.2, 0.25) is 11.8 Å². The van der Waals surface area contributed by atoms with E-state index in [4.69, 9.17) is 9.47 Å². The van der Waals surface area contributed by atoms with Crippen molar-refractivity contribution >= 4 is 22.5 Å². The first-order chi connectivity index (χ1) is 17.1. The van der Waals surface area contributed by atoms with Gasteiger partial charge in [-0.1, -0.05) is 11.3 Å². The summed E-state index contributed by atoms with van der Waals surface area (Å²) in [7, 11) is 1.58. The summed E-state index contributed by atoms with van der Waals surface area (Å²) in [6, 6.07) is 8.22. The van der Waals surface area contributed by atoms with Crippen molar-refractivity contribution in [1.29, 1.82) is 0 Å². The maximum Gasteiger partial charge on any atom is 0.258 e. The zero-order chi connectivity index (χ0) is 23.9. The Labute approximate surface area is 199 Å². The van der Waals surface area contributed by atoms with E-state index >= 15 is 0 Å². The number of methoxy groups -OCH3 is 1. The van der Waals surface area contributed by atoms with Gasteiger partial charge in [0.05, 0.1) is 31.9 Å². The lowest BCUT2D eigenvalue weighted by Gasteiger charge is -2.41. The number of piperidine rings is 1. The molecule has 0 radical (unpaired) electrons. The fraction of sp³-hybridized carbons (Fsp3) is 0.478. The molecule has 0 unspecified atom stereocenters. The summed E-state index contributed by atoms with van der Waals surface area (Å²) in [6.07, 6.45) is 1.35. The molecule has 0 amide bonds. The molecule has 2 fully saturated rings. The molecule has 184 valence electrons. The Hall–Kier alpha value is -3.38. The summed E-state index contributed by atoms with van der Waals surface area (Å²) in [5.74, 6) is 0.947. The number of anilines is 1. The Kier molecular flexibility index (Phi) is 5.69. The second kappa shape index (κ2) is 9.00. The molecule has 2 aliphatic heterocycles. The topological polar surface area (TPSA) is 94.6 Å². The van der Waals surface area contributed by atoms with Gasteiger partial charge in [-0.05, 0) is 36.6 Å². The molecule has 0 bridgehead atoms. The van der Waals surface area contributed by atoms with Crippen molar-refractivity contribution in [2.24, 2.45) is 0 Å². The van der Waals surface area contributed by atoms with E-state index in [0.29, 0.717) is 34.4 Å². The number of likely N-dealkylation sites (tertiary alicyclic amines) is 1. The molecule has 0 atom stereocenters. The summed E-state index contributed by atoms with van der Waals surface area (Å²) in [5, 5.41) is 16.0. The number of ether oxygens (including phenoxy) is 2. The summed E-state index contributed by atoms with van der Waals surface area (Å²) < 4.78 is 39.8. The van der Waals surface area contributed by atoms with Crippen LogP contribution in [-0.2, 0) is 11.3 Å². The molecular weight excluding hydrogens is 458 g/mol. The van der Waals surface area contributed by atoms with Gasteiger partial charge in [-0.15, -0.1) is 10.2 Å². The number of rotatable bonds is 7. The molecule has 0 aliphatic carbocycles. The van der Waals surface area contributed by atoms with Gasteiger partial charge in [0.15, 0.2) is 0 Å². The quantitative estimate of drug-likeness (QED) is 0.428. The SMILES string of the molecule is COc1nc(NC2CCN(C3COC3)CC2)nn2ccc(-c3ccc4nnn(CC(F)F)c4c3)c12. The van der Waals surface area contributed by atoms with Crippen LogP contribution in [0.4, 0.5) is 14.7 Å². The van der Waals surface area contributed by atoms with Crippen molar-refractivity contribution in [3.63, 3.8) is 0 Å². The number of halogens is 2. The summed E-state index contributed by atoms with van der Waals surface area (Å²) in [4.78, 5) is 7.12. The highest BCUT2D eigenvalue weighted by molar-refractivity contribution is 5.89. The van der Waals surface area contributed by atoms with Crippen molar-refractivity contribution in [3.05, 3.63) is 30.5 Å². The van der Waals surface area contributed by atoms with E-state index in [2.05, 4.69) is 30.6 Å². The zero-order valence-electron chi connectivity index (χ0n) is 19.3. The van der Waals surface area contributed by atoms with Crippen LogP contribution >= 0.6 is 0 Å². The predicted molar refractivity (Wildman–Crippen MR) is 125 cm³/mol. The normalized spacial score (nSPS) is 17.9. The van der Waals surface area contributed by atoms with Crippen LogP contribution in [0, 0.1) is 0 Å². The van der Waals surface area contributed by atoms with E-state index in [1.165, 1.54) is 4.68 Å². The number of nitrogens with one attached hydrogen (secondary N) is 1. The van der Waals surface area contributed by atoms with E-state index in [1.54, 1.807) is 23.8 Å². The number of nitrogens with zero attached hydrogens (tertiary/aromatic N) is 7. The standard InChI is InChI=1S/C23H26F2N8O2/c1-34-22-21-17(14-2-3-18-19(10-14)33(30-28-18)11-20(24)25)6-9-32(21)29-23(27-22)26-15-4-7-31(8-5-15)16-12-35-13-16/h2-3,6,9-10,15-16,20H,4-5,7-8,11-13H2,1H3,(H,26,29). The van der Waals surface area contributed by atoms with E-state index < -0.39 is 13.0 Å². The Bertz CT molecular complexity index is 1340. The monoisotopic (exact) mass is 484 g/mol. The minimum atomic E-state index is -2.52. The molecule has 12 heteroatoms. The molecule has 1 aromatic carbocycles. The molecule has 0 spiro atoms. The minimum absolute atomic E-state index is 0.287. The van der Waals surface area contributed by atoms with Gasteiger partial charge in [0, 0.05) is 30.9 Å². The number of benzene rings is 1. The molecule has 0 saturated carbocycles. The van der Waals surface area contributed by atoms with E-state index in [0.717, 1.165) is 50.3 Å². The molecule has 35 heavy (non-hydrogen) atoms. The largest absolute Gasteiger partial charge is 0.479 e. The Balaban J connectivity index is 1.27. The van der Waals surface area contributed by atoms with Crippen molar-refractivity contribution in [2.45, 2.75) is 37.9 Å². The maximum atomic E-state index is 12.9. The third-order valence-electron chi connectivity index (χ3n) is 6.81. The van der Waals surface area contributed by atoms with Crippen LogP contribution in [0.15, 0.2) is 30.5 Å². The van der Waals surface area contributed by atoms with Crippen molar-refractivity contribution in [1.82, 2.24) is 34.5 Å². The number of hydrogen-bond donors (Lipinski definition) is 1. The van der Waals surface area contributed by atoms with Gasteiger partial charge < -0.3 is 14.8 Å². The molecule has 10 nitrogen and oxygen atoms in total. The summed E-state index contributed by atoms with van der Waals surface area (Å²) in [6.45, 7) is 3.22. The van der Waals surface area contributed by atoms with Crippen LogP contribution < -0.4 is 10.1 Å². The molecule has 1 N–H and O–H groups in total. The molecular formula is C23H26F2N8O2. The first kappa shape index (κ1) is 22.1. The van der Waals surface area contributed by atoms with Gasteiger partial charge in [0.1, 0.15) is 17.6 Å². The zero-order valence-corrected chi connectivity index (χ0v) is 19.3. The Morgan fingerprint density at radius 2 is 2.03 bits per heavy atom. The number of fused-ring (bicyclic) bond motifs is 2. The van der Waals surface area contributed by atoms with E-state index in [9.17, 15) is 8.78 Å². The fourth-order valence-corrected chi connectivity index (χ4v) is 4.85. The van der Waals surface area contributed by atoms with Crippen LogP contribution in [0.2, 0.25) is 0 Å². The molecule has 3 aromatic heterocycles. The minimum Gasteiger partial charge on any atom is -0.479 e. The van der Waals surface area contributed by atoms with Crippen LogP contribution in [-0.4, -0.2) is 86.4 Å². The highest BCUT2D eigenvalue weighted by atomic mass is 19.3. The highest BCUT2D eigenvalue weighted by Crippen LogP contribution is 2.33. The van der Waals surface area contributed by atoms with E-state index in [1.807, 2.05) is 18.3 Å². The fourth-order valence-electron chi connectivity index (χ4n) is 4.85. The Morgan fingerprint density at radius 3 is 2.74 bits per heavy atom. The second-order valence-electron chi connectivity index (χ2n) is 8.98. The summed E-state index contributed by atoms with van der Waals surface area (Å²) >= 11 is 0. The molecule has 4 aromatic rings. The third kappa shape index (κ3) is 4.16. The summed E-state index contributed by atoms with van der Waals surface area (Å²) in [5.41, 5.74) is 3.44. The van der Waals surface area contributed by atoms with Crippen molar-refractivity contribution < 1.29 is 18.3 Å². The average molecular weight is 485 g/mol. The maximum absolute atomic E-state index is 12.9. The first-order valence-electron chi connectivity index (χ1n) is 11.7. The van der Waals surface area contributed by atoms with Gasteiger partial charge in [-0.25, -0.2) is 18.0 Å². The number of aromatic nitrogens is 6. The average Bonchev–Trinajstić information content (AvgIpc) is 3.42. The smallest absolute Gasteiger partial charge is 0.258 e. The molecule has 6 rings (SSSR count). The molecule has 2 saturated heterocycles. The third-order valence-corrected chi connectivity index (χ3v) is 6.81. The lowest BCUT2D eigenvalue weighted by Crippen LogP contribution is -2.53. The van der Waals surface area contributed by atoms with Crippen LogP contribution in [0.25, 0.3) is 27.7 Å². The van der Waals surface area contributed by atoms with Gasteiger partial charge in [0.25, 0.3) is 6.43 Å². The number of hydrogen-bond acceptors (Lipinski definition) is 8. The molecule has 5 heterocycles. The van der Waals surface area contributed by atoms with Crippen LogP contribution in [0.3, 0.4) is 0 Å². The molecule has 2 aliphatic rings. The highest BCUT2D eigenvalue weighted by Gasteiger charge is 2.30. The lowest BCUT2D eigenvalue weighted by atomic mass is 10.0. The van der Waals surface area contributed by atoms with Gasteiger partial charge >= 0.3 is 0 Å². The van der Waals surface area contributed by atoms with Crippen LogP contribution in [0.5, 0.6) is 5.88 Å².